The van der Waals surface area contributed by atoms with Gasteiger partial charge in [-0.15, -0.1) is 5.10 Å². The molecule has 1 saturated carbocycles. The second-order valence-corrected chi connectivity index (χ2v) is 4.93. The van der Waals surface area contributed by atoms with Crippen molar-refractivity contribution in [3.8, 4) is 11.3 Å². The number of halogens is 1. The lowest BCUT2D eigenvalue weighted by molar-refractivity contribution is 0.616. The maximum Gasteiger partial charge on any atom is 0.174 e. The minimum atomic E-state index is 0.485. The summed E-state index contributed by atoms with van der Waals surface area (Å²) in [6.07, 6.45) is 2.34. The van der Waals surface area contributed by atoms with E-state index < -0.39 is 0 Å². The van der Waals surface area contributed by atoms with E-state index in [4.69, 9.17) is 5.73 Å². The van der Waals surface area contributed by atoms with Gasteiger partial charge in [-0.2, -0.15) is 0 Å². The summed E-state index contributed by atoms with van der Waals surface area (Å²) in [6, 6.07) is 8.53. The van der Waals surface area contributed by atoms with Gasteiger partial charge >= 0.3 is 0 Å². The standard InChI is InChI=1S/C11H11BrN4/c12-8-3-1-2-7(6-8)10-11(13)14-15-16(10)9-4-5-9/h1-3,6,9H,4-5,13H2. The molecule has 5 heteroatoms. The molecule has 16 heavy (non-hydrogen) atoms. The number of nitrogens with zero attached hydrogens (tertiary/aromatic N) is 3. The van der Waals surface area contributed by atoms with Crippen LogP contribution in [0.3, 0.4) is 0 Å². The smallest absolute Gasteiger partial charge is 0.174 e. The van der Waals surface area contributed by atoms with Crippen molar-refractivity contribution >= 4 is 21.7 Å². The number of hydrogen-bond acceptors (Lipinski definition) is 3. The zero-order valence-electron chi connectivity index (χ0n) is 8.60. The van der Waals surface area contributed by atoms with E-state index in [-0.39, 0.29) is 0 Å². The first-order chi connectivity index (χ1) is 7.75. The Morgan fingerprint density at radius 2 is 2.19 bits per heavy atom. The molecular formula is C11H11BrN4. The van der Waals surface area contributed by atoms with Gasteiger partial charge in [-0.25, -0.2) is 4.68 Å². The van der Waals surface area contributed by atoms with Gasteiger partial charge in [0.15, 0.2) is 5.82 Å². The highest BCUT2D eigenvalue weighted by Gasteiger charge is 2.28. The Labute approximate surface area is 102 Å². The van der Waals surface area contributed by atoms with Crippen molar-refractivity contribution in [2.75, 3.05) is 5.73 Å². The Morgan fingerprint density at radius 1 is 1.38 bits per heavy atom. The van der Waals surface area contributed by atoms with Crippen molar-refractivity contribution in [2.24, 2.45) is 0 Å². The third kappa shape index (κ3) is 1.61. The number of nitrogens with two attached hydrogens (primary N) is 1. The first-order valence-electron chi connectivity index (χ1n) is 5.22. The Bertz CT molecular complexity index is 531. The van der Waals surface area contributed by atoms with Crippen LogP contribution in [0.1, 0.15) is 18.9 Å². The molecule has 1 heterocycles. The minimum absolute atomic E-state index is 0.485. The average molecular weight is 279 g/mol. The summed E-state index contributed by atoms with van der Waals surface area (Å²) in [5, 5.41) is 8.07. The summed E-state index contributed by atoms with van der Waals surface area (Å²) in [5.74, 6) is 0.505. The van der Waals surface area contributed by atoms with Crippen molar-refractivity contribution in [1.82, 2.24) is 15.0 Å². The molecule has 2 aromatic rings. The fourth-order valence-electron chi connectivity index (χ4n) is 1.80. The molecule has 0 atom stereocenters. The summed E-state index contributed by atoms with van der Waals surface area (Å²) >= 11 is 3.46. The van der Waals surface area contributed by atoms with Gasteiger partial charge < -0.3 is 5.73 Å². The molecule has 1 aromatic heterocycles. The lowest BCUT2D eigenvalue weighted by Gasteiger charge is -2.05. The summed E-state index contributed by atoms with van der Waals surface area (Å²) in [6.45, 7) is 0. The second kappa shape index (κ2) is 3.59. The maximum absolute atomic E-state index is 5.88. The van der Waals surface area contributed by atoms with Gasteiger partial charge in [-0.1, -0.05) is 33.3 Å². The quantitative estimate of drug-likeness (QED) is 0.919. The number of nitrogen functional groups attached to an aromatic ring is 1. The molecule has 0 saturated heterocycles. The number of hydrogen-bond donors (Lipinski definition) is 1. The fourth-order valence-corrected chi connectivity index (χ4v) is 2.20. The van der Waals surface area contributed by atoms with Crippen LogP contribution >= 0.6 is 15.9 Å². The Kier molecular flexibility index (Phi) is 2.21. The molecular weight excluding hydrogens is 268 g/mol. The number of aromatic nitrogens is 3. The predicted molar refractivity (Wildman–Crippen MR) is 65.8 cm³/mol. The van der Waals surface area contributed by atoms with E-state index in [9.17, 15) is 0 Å². The lowest BCUT2D eigenvalue weighted by Crippen LogP contribution is -2.00. The van der Waals surface area contributed by atoms with E-state index in [0.717, 1.165) is 15.7 Å². The fraction of sp³-hybridized carbons (Fsp3) is 0.273. The third-order valence-electron chi connectivity index (χ3n) is 2.71. The molecule has 0 spiro atoms. The van der Waals surface area contributed by atoms with E-state index in [2.05, 4.69) is 26.2 Å². The monoisotopic (exact) mass is 278 g/mol. The summed E-state index contributed by atoms with van der Waals surface area (Å²) in [4.78, 5) is 0. The summed E-state index contributed by atoms with van der Waals surface area (Å²) in [7, 11) is 0. The molecule has 0 bridgehead atoms. The normalized spacial score (nSPS) is 15.3. The molecule has 1 aromatic carbocycles. The van der Waals surface area contributed by atoms with Crippen LogP contribution in [0.4, 0.5) is 5.82 Å². The van der Waals surface area contributed by atoms with Crippen molar-refractivity contribution in [3.05, 3.63) is 28.7 Å². The molecule has 82 valence electrons. The van der Waals surface area contributed by atoms with E-state index in [1.54, 1.807) is 0 Å². The topological polar surface area (TPSA) is 56.7 Å². The Morgan fingerprint density at radius 3 is 2.88 bits per heavy atom. The molecule has 0 amide bonds. The minimum Gasteiger partial charge on any atom is -0.380 e. The van der Waals surface area contributed by atoms with Gasteiger partial charge in [-0.3, -0.25) is 0 Å². The molecule has 0 radical (unpaired) electrons. The van der Waals surface area contributed by atoms with Crippen LogP contribution in [0.15, 0.2) is 28.7 Å². The third-order valence-corrected chi connectivity index (χ3v) is 3.20. The van der Waals surface area contributed by atoms with Gasteiger partial charge in [0.25, 0.3) is 0 Å². The first kappa shape index (κ1) is 9.84. The Hall–Kier alpha value is -1.36. The second-order valence-electron chi connectivity index (χ2n) is 4.01. The van der Waals surface area contributed by atoms with Gasteiger partial charge in [0.2, 0.25) is 0 Å². The molecule has 0 aliphatic heterocycles. The predicted octanol–water partition coefficient (Wildman–Crippen LogP) is 2.62. The van der Waals surface area contributed by atoms with Crippen molar-refractivity contribution in [2.45, 2.75) is 18.9 Å². The molecule has 0 unspecified atom stereocenters. The average Bonchev–Trinajstić information content (AvgIpc) is 3.02. The van der Waals surface area contributed by atoms with Crippen LogP contribution in [-0.4, -0.2) is 15.0 Å². The van der Waals surface area contributed by atoms with E-state index >= 15 is 0 Å². The number of benzene rings is 1. The zero-order valence-corrected chi connectivity index (χ0v) is 10.2. The maximum atomic E-state index is 5.88. The highest BCUT2D eigenvalue weighted by molar-refractivity contribution is 9.10. The van der Waals surface area contributed by atoms with Crippen LogP contribution in [0.25, 0.3) is 11.3 Å². The molecule has 1 aliphatic carbocycles. The van der Waals surface area contributed by atoms with Crippen molar-refractivity contribution < 1.29 is 0 Å². The molecule has 3 rings (SSSR count). The van der Waals surface area contributed by atoms with Gasteiger partial charge in [-0.05, 0) is 25.0 Å². The van der Waals surface area contributed by atoms with Crippen molar-refractivity contribution in [3.63, 3.8) is 0 Å². The first-order valence-corrected chi connectivity index (χ1v) is 6.01. The zero-order chi connectivity index (χ0) is 11.1. The van der Waals surface area contributed by atoms with Crippen molar-refractivity contribution in [1.29, 1.82) is 0 Å². The Balaban J connectivity index is 2.14. The van der Waals surface area contributed by atoms with E-state index in [0.29, 0.717) is 11.9 Å². The van der Waals surface area contributed by atoms with Crippen LogP contribution in [0.2, 0.25) is 0 Å². The summed E-state index contributed by atoms with van der Waals surface area (Å²) in [5.41, 5.74) is 7.87. The number of anilines is 1. The van der Waals surface area contributed by atoms with Crippen LogP contribution in [0.5, 0.6) is 0 Å². The van der Waals surface area contributed by atoms with Gasteiger partial charge in [0.05, 0.1) is 6.04 Å². The molecule has 1 aliphatic rings. The van der Waals surface area contributed by atoms with Crippen LogP contribution < -0.4 is 5.73 Å². The summed E-state index contributed by atoms with van der Waals surface area (Å²) < 4.78 is 2.98. The van der Waals surface area contributed by atoms with E-state index in [1.807, 2.05) is 28.9 Å². The van der Waals surface area contributed by atoms with E-state index in [1.165, 1.54) is 12.8 Å². The highest BCUT2D eigenvalue weighted by atomic mass is 79.9. The van der Waals surface area contributed by atoms with Gasteiger partial charge in [0.1, 0.15) is 5.69 Å². The molecule has 2 N–H and O–H groups in total. The highest BCUT2D eigenvalue weighted by Crippen LogP contribution is 2.39. The lowest BCUT2D eigenvalue weighted by atomic mass is 10.1. The number of rotatable bonds is 2. The molecule has 1 fully saturated rings. The SMILES string of the molecule is Nc1nnn(C2CC2)c1-c1cccc(Br)c1. The largest absolute Gasteiger partial charge is 0.380 e. The van der Waals surface area contributed by atoms with Crippen LogP contribution in [-0.2, 0) is 0 Å². The molecule has 4 nitrogen and oxygen atoms in total. The van der Waals surface area contributed by atoms with Gasteiger partial charge in [0, 0.05) is 10.0 Å². The van der Waals surface area contributed by atoms with Crippen LogP contribution in [0, 0.1) is 0 Å².